The van der Waals surface area contributed by atoms with Crippen molar-refractivity contribution in [2.24, 2.45) is 0 Å². The molecule has 0 amide bonds. The van der Waals surface area contributed by atoms with Crippen LogP contribution < -0.4 is 4.74 Å². The van der Waals surface area contributed by atoms with E-state index in [4.69, 9.17) is 4.74 Å². The van der Waals surface area contributed by atoms with E-state index < -0.39 is 33.7 Å². The normalized spacial score (nSPS) is 21.3. The second-order valence-corrected chi connectivity index (χ2v) is 9.91. The van der Waals surface area contributed by atoms with Crippen molar-refractivity contribution in [3.05, 3.63) is 77.3 Å². The molecule has 1 heterocycles. The number of aliphatic hydroxyl groups excluding tert-OH is 1. The first-order valence-electron chi connectivity index (χ1n) is 9.82. The lowest BCUT2D eigenvalue weighted by Gasteiger charge is -2.36. The second kappa shape index (κ2) is 7.73. The Morgan fingerprint density at radius 2 is 1.94 bits per heavy atom. The maximum absolute atomic E-state index is 14.5. The summed E-state index contributed by atoms with van der Waals surface area (Å²) in [5, 5.41) is 19.8. The molecule has 2 atom stereocenters. The van der Waals surface area contributed by atoms with Crippen molar-refractivity contribution in [1.82, 2.24) is 4.31 Å². The monoisotopic (exact) mass is 458 g/mol. The lowest BCUT2D eigenvalue weighted by atomic mass is 10.0. The van der Waals surface area contributed by atoms with Crippen molar-refractivity contribution in [3.63, 3.8) is 0 Å². The number of halogens is 2. The highest BCUT2D eigenvalue weighted by Crippen LogP contribution is 2.45. The number of nitriles is 1. The molecule has 2 aromatic carbocycles. The summed E-state index contributed by atoms with van der Waals surface area (Å²) in [4.78, 5) is -0.222. The Balaban J connectivity index is 1.84. The molecule has 0 unspecified atom stereocenters. The zero-order chi connectivity index (χ0) is 23.3. The molecule has 4 rings (SSSR count). The van der Waals surface area contributed by atoms with Crippen LogP contribution in [0.25, 0.3) is 0 Å². The van der Waals surface area contributed by atoms with Gasteiger partial charge in [-0.15, -0.1) is 0 Å². The van der Waals surface area contributed by atoms with Gasteiger partial charge in [0.05, 0.1) is 16.0 Å². The molecule has 0 spiro atoms. The van der Waals surface area contributed by atoms with Crippen LogP contribution >= 0.6 is 0 Å². The number of hydrogen-bond acceptors (Lipinski definition) is 5. The Kier molecular flexibility index (Phi) is 5.31. The molecule has 0 aromatic heterocycles. The Morgan fingerprint density at radius 3 is 2.62 bits per heavy atom. The Labute approximate surface area is 184 Å². The van der Waals surface area contributed by atoms with E-state index in [1.54, 1.807) is 32.1 Å². The number of sulfonamides is 1. The number of hydrogen-bond donors (Lipinski definition) is 1. The summed E-state index contributed by atoms with van der Waals surface area (Å²) < 4.78 is 61.9. The molecular formula is C23H20F2N2O4S. The Hall–Kier alpha value is -3.22. The van der Waals surface area contributed by atoms with Crippen LogP contribution in [0, 0.1) is 17.1 Å². The number of nitrogens with zero attached hydrogens (tertiary/aromatic N) is 2. The quantitative estimate of drug-likeness (QED) is 0.739. The minimum Gasteiger partial charge on any atom is -0.456 e. The number of ether oxygens (including phenoxy) is 1. The van der Waals surface area contributed by atoms with Crippen molar-refractivity contribution in [2.75, 3.05) is 0 Å². The fourth-order valence-electron chi connectivity index (χ4n) is 3.94. The highest BCUT2D eigenvalue weighted by Gasteiger charge is 2.42. The Morgan fingerprint density at radius 1 is 1.22 bits per heavy atom. The molecule has 0 bridgehead atoms. The molecule has 2 aromatic rings. The summed E-state index contributed by atoms with van der Waals surface area (Å²) in [6.45, 7) is 3.43. The third-order valence-corrected chi connectivity index (χ3v) is 7.56. The first-order valence-corrected chi connectivity index (χ1v) is 11.3. The molecule has 1 N–H and O–H groups in total. The molecule has 0 saturated heterocycles. The minimum atomic E-state index is -4.15. The summed E-state index contributed by atoms with van der Waals surface area (Å²) in [7, 11) is -4.15. The molecule has 0 saturated carbocycles. The summed E-state index contributed by atoms with van der Waals surface area (Å²) in [6.07, 6.45) is 2.79. The molecule has 2 aliphatic rings. The molecule has 166 valence electrons. The van der Waals surface area contributed by atoms with Gasteiger partial charge in [0, 0.05) is 23.7 Å². The summed E-state index contributed by atoms with van der Waals surface area (Å²) in [6, 6.07) is 7.81. The van der Waals surface area contributed by atoms with E-state index >= 15 is 0 Å². The van der Waals surface area contributed by atoms with Crippen molar-refractivity contribution in [1.29, 1.82) is 5.26 Å². The number of fused-ring (bicyclic) bond motifs is 1. The van der Waals surface area contributed by atoms with Gasteiger partial charge in [-0.1, -0.05) is 12.2 Å². The van der Waals surface area contributed by atoms with Gasteiger partial charge in [0.1, 0.15) is 35.7 Å². The molecule has 1 aliphatic carbocycles. The van der Waals surface area contributed by atoms with Gasteiger partial charge in [0.15, 0.2) is 0 Å². The number of alkyl halides is 1. The van der Waals surface area contributed by atoms with Gasteiger partial charge in [-0.05, 0) is 50.3 Å². The predicted octanol–water partition coefficient (Wildman–Crippen LogP) is 4.27. The maximum Gasteiger partial charge on any atom is 0.264 e. The van der Waals surface area contributed by atoms with Crippen molar-refractivity contribution >= 4 is 10.0 Å². The zero-order valence-electron chi connectivity index (χ0n) is 17.3. The zero-order valence-corrected chi connectivity index (χ0v) is 18.1. The number of rotatable bonds is 4. The van der Waals surface area contributed by atoms with Gasteiger partial charge in [0.25, 0.3) is 10.0 Å². The SMILES string of the molecule is CC1(C)C=CC=CN1S(=O)(=O)c1ccc(Oc2ccc(F)cc2C#N)c2c1[C@H](O)[C@H](F)C2. The summed E-state index contributed by atoms with van der Waals surface area (Å²) in [5.41, 5.74) is -0.829. The lowest BCUT2D eigenvalue weighted by molar-refractivity contribution is 0.0906. The van der Waals surface area contributed by atoms with E-state index in [0.717, 1.165) is 16.4 Å². The number of aliphatic hydroxyl groups is 1. The van der Waals surface area contributed by atoms with Crippen LogP contribution in [-0.2, 0) is 16.4 Å². The van der Waals surface area contributed by atoms with Crippen LogP contribution in [0.2, 0.25) is 0 Å². The third-order valence-electron chi connectivity index (χ3n) is 5.54. The second-order valence-electron chi connectivity index (χ2n) is 8.13. The van der Waals surface area contributed by atoms with E-state index in [1.807, 2.05) is 6.07 Å². The molecular weight excluding hydrogens is 438 g/mol. The summed E-state index contributed by atoms with van der Waals surface area (Å²) in [5.74, 6) is -0.491. The fraction of sp³-hybridized carbons (Fsp3) is 0.261. The van der Waals surface area contributed by atoms with Gasteiger partial charge < -0.3 is 9.84 Å². The molecule has 9 heteroatoms. The van der Waals surface area contributed by atoms with Crippen LogP contribution in [0.4, 0.5) is 8.78 Å². The van der Waals surface area contributed by atoms with Crippen molar-refractivity contribution in [3.8, 4) is 17.6 Å². The largest absolute Gasteiger partial charge is 0.456 e. The van der Waals surface area contributed by atoms with Crippen LogP contribution in [-0.4, -0.2) is 29.5 Å². The topological polar surface area (TPSA) is 90.6 Å². The minimum absolute atomic E-state index is 0.0359. The smallest absolute Gasteiger partial charge is 0.264 e. The molecule has 1 aliphatic heterocycles. The number of allylic oxidation sites excluding steroid dienone is 2. The number of benzene rings is 2. The van der Waals surface area contributed by atoms with E-state index in [1.165, 1.54) is 24.4 Å². The van der Waals surface area contributed by atoms with Crippen LogP contribution in [0.1, 0.15) is 36.6 Å². The Bertz CT molecular complexity index is 1300. The molecule has 0 fully saturated rings. The van der Waals surface area contributed by atoms with Gasteiger partial charge in [0.2, 0.25) is 0 Å². The van der Waals surface area contributed by atoms with Crippen LogP contribution in [0.15, 0.2) is 59.7 Å². The average molecular weight is 458 g/mol. The standard InChI is InChI=1S/C23H20F2N2O4S/c1-23(2)9-3-4-10-27(23)32(29,30)20-8-7-19(16-12-17(25)22(28)21(16)20)31-18-6-5-15(24)11-14(18)13-26/h3-11,17,22,28H,12H2,1-2H3/t17-,22-/m1/s1. The van der Waals surface area contributed by atoms with Gasteiger partial charge >= 0.3 is 0 Å². The highest BCUT2D eigenvalue weighted by atomic mass is 32.2. The molecule has 32 heavy (non-hydrogen) atoms. The maximum atomic E-state index is 14.5. The van der Waals surface area contributed by atoms with Crippen molar-refractivity contribution in [2.45, 2.75) is 43.0 Å². The van der Waals surface area contributed by atoms with E-state index in [-0.39, 0.29) is 39.5 Å². The fourth-order valence-corrected chi connectivity index (χ4v) is 5.83. The van der Waals surface area contributed by atoms with Gasteiger partial charge in [-0.3, -0.25) is 4.31 Å². The first kappa shape index (κ1) is 22.0. The van der Waals surface area contributed by atoms with E-state index in [0.29, 0.717) is 0 Å². The highest BCUT2D eigenvalue weighted by molar-refractivity contribution is 7.89. The van der Waals surface area contributed by atoms with Gasteiger partial charge in [-0.2, -0.15) is 5.26 Å². The average Bonchev–Trinajstić information content (AvgIpc) is 3.03. The van der Waals surface area contributed by atoms with Crippen LogP contribution in [0.3, 0.4) is 0 Å². The first-order chi connectivity index (χ1) is 15.1. The van der Waals surface area contributed by atoms with E-state index in [2.05, 4.69) is 0 Å². The molecule has 6 nitrogen and oxygen atoms in total. The molecule has 0 radical (unpaired) electrons. The summed E-state index contributed by atoms with van der Waals surface area (Å²) >= 11 is 0. The predicted molar refractivity (Wildman–Crippen MR) is 113 cm³/mol. The van der Waals surface area contributed by atoms with Gasteiger partial charge in [-0.25, -0.2) is 17.2 Å². The van der Waals surface area contributed by atoms with Crippen molar-refractivity contribution < 1.29 is 27.0 Å². The third kappa shape index (κ3) is 3.55. The lowest BCUT2D eigenvalue weighted by Crippen LogP contribution is -2.44. The van der Waals surface area contributed by atoms with E-state index in [9.17, 15) is 27.6 Å². The van der Waals surface area contributed by atoms with Crippen LogP contribution in [0.5, 0.6) is 11.5 Å².